The maximum atomic E-state index is 13.9. The Labute approximate surface area is 196 Å². The summed E-state index contributed by atoms with van der Waals surface area (Å²) in [6.45, 7) is 2.01. The molecular weight excluding hydrogens is 408 g/mol. The fraction of sp³-hybridized carbons (Fsp3) is 0.214. The summed E-state index contributed by atoms with van der Waals surface area (Å²) < 4.78 is 1.94. The van der Waals surface area contributed by atoms with Crippen LogP contribution in [0.3, 0.4) is 0 Å². The van der Waals surface area contributed by atoms with Gasteiger partial charge in [-0.05, 0) is 47.5 Å². The summed E-state index contributed by atoms with van der Waals surface area (Å²) in [4.78, 5) is 18.0. The maximum Gasteiger partial charge on any atom is 0.320 e. The fourth-order valence-electron chi connectivity index (χ4n) is 4.16. The number of hydrogen-bond acceptors (Lipinski definition) is 3. The minimum atomic E-state index is -0.0235. The molecule has 5 nitrogen and oxygen atoms in total. The molecule has 0 unspecified atom stereocenters. The molecule has 33 heavy (non-hydrogen) atoms. The van der Waals surface area contributed by atoms with Gasteiger partial charge < -0.3 is 9.80 Å². The first-order valence-corrected chi connectivity index (χ1v) is 11.1. The Hall–Kier alpha value is -3.86. The average molecular weight is 440 g/mol. The molecule has 0 N–H and O–H groups in total. The molecule has 0 spiro atoms. The van der Waals surface area contributed by atoms with Gasteiger partial charge in [0.25, 0.3) is 0 Å². The predicted molar refractivity (Wildman–Crippen MR) is 138 cm³/mol. The van der Waals surface area contributed by atoms with Crippen LogP contribution < -0.4 is 14.8 Å². The van der Waals surface area contributed by atoms with Gasteiger partial charge >= 0.3 is 5.91 Å². The van der Waals surface area contributed by atoms with E-state index in [0.717, 1.165) is 45.0 Å². The Morgan fingerprint density at radius 1 is 0.727 bits per heavy atom. The summed E-state index contributed by atoms with van der Waals surface area (Å²) >= 11 is 0. The molecular formula is C28H31N4O+. The first-order chi connectivity index (χ1) is 15.8. The molecule has 0 aliphatic carbocycles. The smallest absolute Gasteiger partial charge is 0.320 e. The van der Waals surface area contributed by atoms with E-state index in [1.54, 1.807) is 5.01 Å². The van der Waals surface area contributed by atoms with Crippen LogP contribution in [0.2, 0.25) is 0 Å². The minimum absolute atomic E-state index is 0.0235. The Morgan fingerprint density at radius 3 is 1.61 bits per heavy atom. The van der Waals surface area contributed by atoms with Crippen LogP contribution in [0.5, 0.6) is 0 Å². The molecule has 0 radical (unpaired) electrons. The molecule has 0 saturated carbocycles. The summed E-state index contributed by atoms with van der Waals surface area (Å²) in [6.07, 6.45) is 0. The second kappa shape index (κ2) is 8.94. The van der Waals surface area contributed by atoms with Crippen LogP contribution in [0.1, 0.15) is 18.1 Å². The van der Waals surface area contributed by atoms with Crippen molar-refractivity contribution in [1.29, 1.82) is 0 Å². The molecule has 4 rings (SSSR count). The van der Waals surface area contributed by atoms with E-state index in [1.807, 2.05) is 77.2 Å². The molecule has 0 aromatic heterocycles. The molecule has 1 aliphatic heterocycles. The standard InChI is InChI=1S/C28H31N4O/c1-20-26(28(33)32(31(20)6)25-10-8-7-9-11-25)27(21-12-16-23(17-13-21)29(2)3)22-14-18-24(19-15-22)30(4)5/h7-19H,1-6H3/q+1. The number of para-hydroxylation sites is 1. The van der Waals surface area contributed by atoms with Gasteiger partial charge in [-0.3, -0.25) is 4.79 Å². The van der Waals surface area contributed by atoms with E-state index in [0.29, 0.717) is 0 Å². The number of carbonyl (C=O) groups is 1. The Morgan fingerprint density at radius 2 is 1.18 bits per heavy atom. The Kier molecular flexibility index (Phi) is 6.05. The van der Waals surface area contributed by atoms with Gasteiger partial charge in [0.1, 0.15) is 11.3 Å². The fourth-order valence-corrected chi connectivity index (χ4v) is 4.16. The maximum absolute atomic E-state index is 13.9. The van der Waals surface area contributed by atoms with Gasteiger partial charge in [0.05, 0.1) is 0 Å². The predicted octanol–water partition coefficient (Wildman–Crippen LogP) is 4.69. The monoisotopic (exact) mass is 439 g/mol. The van der Waals surface area contributed by atoms with E-state index in [9.17, 15) is 4.79 Å². The van der Waals surface area contributed by atoms with Crippen molar-refractivity contribution in [3.05, 3.63) is 95.6 Å². The number of rotatable bonds is 5. The highest BCUT2D eigenvalue weighted by Gasteiger charge is 2.42. The van der Waals surface area contributed by atoms with Crippen LogP contribution in [0.25, 0.3) is 5.57 Å². The van der Waals surface area contributed by atoms with Crippen LogP contribution in [0, 0.1) is 0 Å². The van der Waals surface area contributed by atoms with E-state index in [-0.39, 0.29) is 5.91 Å². The molecule has 3 aromatic carbocycles. The molecule has 0 bridgehead atoms. The van der Waals surface area contributed by atoms with Crippen LogP contribution >= 0.6 is 0 Å². The number of anilines is 3. The van der Waals surface area contributed by atoms with Crippen LogP contribution in [0.15, 0.2) is 84.4 Å². The summed E-state index contributed by atoms with van der Waals surface area (Å²) in [5, 5.41) is 1.74. The summed E-state index contributed by atoms with van der Waals surface area (Å²) in [7, 11) is 10.0. The third kappa shape index (κ3) is 4.14. The molecule has 168 valence electrons. The molecule has 1 amide bonds. The van der Waals surface area contributed by atoms with Gasteiger partial charge in [0.15, 0.2) is 7.05 Å². The quantitative estimate of drug-likeness (QED) is 0.427. The van der Waals surface area contributed by atoms with E-state index in [1.165, 1.54) is 0 Å². The number of benzene rings is 3. The van der Waals surface area contributed by atoms with Crippen molar-refractivity contribution in [2.75, 3.05) is 50.0 Å². The van der Waals surface area contributed by atoms with E-state index < -0.39 is 0 Å². The third-order valence-electron chi connectivity index (χ3n) is 6.15. The highest BCUT2D eigenvalue weighted by Crippen LogP contribution is 2.34. The van der Waals surface area contributed by atoms with Crippen molar-refractivity contribution >= 4 is 34.3 Å². The third-order valence-corrected chi connectivity index (χ3v) is 6.15. The van der Waals surface area contributed by atoms with Gasteiger partial charge in [0.2, 0.25) is 5.71 Å². The zero-order valence-electron chi connectivity index (χ0n) is 20.2. The van der Waals surface area contributed by atoms with Crippen molar-refractivity contribution < 1.29 is 9.48 Å². The lowest BCUT2D eigenvalue weighted by Crippen LogP contribution is -2.33. The second-order valence-corrected chi connectivity index (χ2v) is 8.69. The molecule has 1 heterocycles. The zero-order chi connectivity index (χ0) is 23.7. The van der Waals surface area contributed by atoms with E-state index in [2.05, 4.69) is 58.3 Å². The molecule has 0 fully saturated rings. The highest BCUT2D eigenvalue weighted by atomic mass is 16.2. The lowest BCUT2D eigenvalue weighted by Gasteiger charge is -2.17. The number of carbonyl (C=O) groups excluding carboxylic acids is 1. The molecule has 0 atom stereocenters. The number of nitrogens with zero attached hydrogens (tertiary/aromatic N) is 4. The van der Waals surface area contributed by atoms with Crippen LogP contribution in [-0.4, -0.2) is 51.5 Å². The van der Waals surface area contributed by atoms with Crippen LogP contribution in [0.4, 0.5) is 17.1 Å². The lowest BCUT2D eigenvalue weighted by atomic mass is 9.90. The first kappa shape index (κ1) is 22.3. The highest BCUT2D eigenvalue weighted by molar-refractivity contribution is 6.31. The van der Waals surface area contributed by atoms with Crippen molar-refractivity contribution in [2.45, 2.75) is 6.92 Å². The second-order valence-electron chi connectivity index (χ2n) is 8.69. The lowest BCUT2D eigenvalue weighted by molar-refractivity contribution is -0.495. The topological polar surface area (TPSA) is 29.8 Å². The van der Waals surface area contributed by atoms with Gasteiger partial charge in [-0.25, -0.2) is 0 Å². The van der Waals surface area contributed by atoms with Gasteiger partial charge in [0, 0.05) is 52.1 Å². The Bertz CT molecular complexity index is 1170. The van der Waals surface area contributed by atoms with Crippen molar-refractivity contribution in [1.82, 2.24) is 0 Å². The number of amides is 1. The largest absolute Gasteiger partial charge is 0.378 e. The summed E-state index contributed by atoms with van der Waals surface area (Å²) in [6, 6.07) is 26.6. The van der Waals surface area contributed by atoms with Gasteiger partial charge in [-0.15, -0.1) is 4.68 Å². The summed E-state index contributed by atoms with van der Waals surface area (Å²) in [5.41, 5.74) is 7.71. The van der Waals surface area contributed by atoms with E-state index in [4.69, 9.17) is 0 Å². The van der Waals surface area contributed by atoms with Gasteiger partial charge in [-0.1, -0.05) is 47.5 Å². The zero-order valence-corrected chi connectivity index (χ0v) is 20.2. The summed E-state index contributed by atoms with van der Waals surface area (Å²) in [5.74, 6) is -0.0235. The molecule has 1 aliphatic rings. The SMILES string of the molecule is CC1=[N+](C)N(c2ccccc2)C(=O)C1=C(c1ccc(N(C)C)cc1)c1ccc(N(C)C)cc1. The van der Waals surface area contributed by atoms with E-state index >= 15 is 0 Å². The van der Waals surface area contributed by atoms with Crippen molar-refractivity contribution in [3.8, 4) is 0 Å². The average Bonchev–Trinajstić information content (AvgIpc) is 3.04. The molecule has 5 heteroatoms. The molecule has 3 aromatic rings. The molecule has 0 saturated heterocycles. The van der Waals surface area contributed by atoms with Gasteiger partial charge in [-0.2, -0.15) is 0 Å². The first-order valence-electron chi connectivity index (χ1n) is 11.1. The number of hydrazine groups is 1. The minimum Gasteiger partial charge on any atom is -0.378 e. The number of hydrogen-bond donors (Lipinski definition) is 0. The van der Waals surface area contributed by atoms with Crippen LogP contribution in [-0.2, 0) is 4.79 Å². The van der Waals surface area contributed by atoms with Crippen molar-refractivity contribution in [2.24, 2.45) is 0 Å². The normalized spacial score (nSPS) is 13.6. The Balaban J connectivity index is 1.93. The van der Waals surface area contributed by atoms with Crippen molar-refractivity contribution in [3.63, 3.8) is 0 Å². The number of hydrazone groups is 1.